The number of esters is 1. The van der Waals surface area contributed by atoms with E-state index in [9.17, 15) is 22.4 Å². The molecule has 0 aliphatic carbocycles. The van der Waals surface area contributed by atoms with Gasteiger partial charge in [-0.25, -0.2) is 9.18 Å². The molecule has 0 N–H and O–H groups in total. The number of nitrogens with zero attached hydrogens (tertiary/aromatic N) is 3. The fourth-order valence-corrected chi connectivity index (χ4v) is 1.56. The van der Waals surface area contributed by atoms with Crippen LogP contribution in [0.15, 0.2) is 29.4 Å². The maximum absolute atomic E-state index is 13.1. The summed E-state index contributed by atoms with van der Waals surface area (Å²) < 4.78 is 55.0. The van der Waals surface area contributed by atoms with Crippen molar-refractivity contribution in [2.45, 2.75) is 25.2 Å². The van der Waals surface area contributed by atoms with Crippen molar-refractivity contribution in [3.05, 3.63) is 45.8 Å². The highest BCUT2D eigenvalue weighted by atomic mass is 19.4. The van der Waals surface area contributed by atoms with E-state index in [-0.39, 0.29) is 31.6 Å². The molecule has 0 heterocycles. The number of ether oxygens (including phenoxy) is 1. The Bertz CT molecular complexity index is 539. The lowest BCUT2D eigenvalue weighted by Gasteiger charge is -2.08. The highest BCUT2D eigenvalue weighted by Gasteiger charge is 2.30. The molecule has 5 nitrogen and oxygen atoms in total. The first-order valence-electron chi connectivity index (χ1n) is 6.34. The minimum absolute atomic E-state index is 0.0149. The van der Waals surface area contributed by atoms with E-state index in [4.69, 9.17) is 10.3 Å². The predicted molar refractivity (Wildman–Crippen MR) is 69.9 cm³/mol. The summed E-state index contributed by atoms with van der Waals surface area (Å²) in [7, 11) is 0. The van der Waals surface area contributed by atoms with Crippen LogP contribution < -0.4 is 0 Å². The van der Waals surface area contributed by atoms with E-state index in [1.54, 1.807) is 0 Å². The molecule has 1 unspecified atom stereocenters. The van der Waals surface area contributed by atoms with Crippen LogP contribution in [0.1, 0.15) is 28.8 Å². The summed E-state index contributed by atoms with van der Waals surface area (Å²) in [6.45, 7) is -0.361. The van der Waals surface area contributed by atoms with Gasteiger partial charge in [0.15, 0.2) is 0 Å². The number of benzene rings is 1. The van der Waals surface area contributed by atoms with Gasteiger partial charge in [0.25, 0.3) is 0 Å². The van der Waals surface area contributed by atoms with Crippen molar-refractivity contribution in [3.63, 3.8) is 0 Å². The Labute approximate surface area is 123 Å². The van der Waals surface area contributed by atoms with Crippen molar-refractivity contribution < 1.29 is 27.1 Å². The molecule has 120 valence electrons. The summed E-state index contributed by atoms with van der Waals surface area (Å²) in [6.07, 6.45) is -5.51. The second-order valence-corrected chi connectivity index (χ2v) is 4.36. The Balaban J connectivity index is 2.38. The van der Waals surface area contributed by atoms with Crippen LogP contribution in [-0.4, -0.2) is 25.3 Å². The molecule has 9 heteroatoms. The van der Waals surface area contributed by atoms with Crippen LogP contribution in [0.25, 0.3) is 10.4 Å². The quantitative estimate of drug-likeness (QED) is 0.188. The average Bonchev–Trinajstić information content (AvgIpc) is 2.48. The molecule has 1 rings (SSSR count). The molecule has 22 heavy (non-hydrogen) atoms. The third-order valence-electron chi connectivity index (χ3n) is 2.69. The standard InChI is InChI=1S/C13H13F4N3O2/c14-11(8-19-20-18)2-1-7-22-12(21)9-3-5-10(6-4-9)13(15,16)17/h3-6,11H,1-2,7-8H2. The van der Waals surface area contributed by atoms with Crippen LogP contribution >= 0.6 is 0 Å². The molecule has 0 spiro atoms. The number of halogens is 4. The number of carbonyl (C=O) groups excluding carboxylic acids is 1. The van der Waals surface area contributed by atoms with Gasteiger partial charge in [-0.05, 0) is 42.6 Å². The fraction of sp³-hybridized carbons (Fsp3) is 0.462. The summed E-state index contributed by atoms with van der Waals surface area (Å²) >= 11 is 0. The van der Waals surface area contributed by atoms with Crippen molar-refractivity contribution in [3.8, 4) is 0 Å². The number of carbonyl (C=O) groups is 1. The summed E-state index contributed by atoms with van der Waals surface area (Å²) in [5.74, 6) is -0.779. The first kappa shape index (κ1) is 17.8. The molecule has 0 bridgehead atoms. The van der Waals surface area contributed by atoms with Gasteiger partial charge < -0.3 is 4.74 Å². The number of hydrogen-bond donors (Lipinski definition) is 0. The number of azide groups is 1. The van der Waals surface area contributed by atoms with E-state index in [0.717, 1.165) is 24.3 Å². The molecule has 0 aliphatic rings. The van der Waals surface area contributed by atoms with Gasteiger partial charge in [0.05, 0.1) is 24.3 Å². The second-order valence-electron chi connectivity index (χ2n) is 4.36. The normalized spacial score (nSPS) is 12.4. The molecule has 1 atom stereocenters. The van der Waals surface area contributed by atoms with Crippen molar-refractivity contribution in [2.24, 2.45) is 5.11 Å². The lowest BCUT2D eigenvalue weighted by atomic mass is 10.1. The molecule has 0 fully saturated rings. The first-order chi connectivity index (χ1) is 10.3. The maximum Gasteiger partial charge on any atom is 0.416 e. The Morgan fingerprint density at radius 3 is 2.50 bits per heavy atom. The van der Waals surface area contributed by atoms with Crippen LogP contribution in [0.2, 0.25) is 0 Å². The summed E-state index contributed by atoms with van der Waals surface area (Å²) in [5, 5.41) is 3.07. The van der Waals surface area contributed by atoms with Gasteiger partial charge in [0.1, 0.15) is 6.17 Å². The van der Waals surface area contributed by atoms with Crippen LogP contribution in [0.4, 0.5) is 17.6 Å². The van der Waals surface area contributed by atoms with Crippen LogP contribution in [0, 0.1) is 0 Å². The molecular weight excluding hydrogens is 306 g/mol. The van der Waals surface area contributed by atoms with E-state index in [1.807, 2.05) is 0 Å². The smallest absolute Gasteiger partial charge is 0.416 e. The zero-order chi connectivity index (χ0) is 16.6. The van der Waals surface area contributed by atoms with E-state index in [0.29, 0.717) is 0 Å². The van der Waals surface area contributed by atoms with Gasteiger partial charge >= 0.3 is 12.1 Å². The number of rotatable bonds is 7. The Morgan fingerprint density at radius 1 is 1.32 bits per heavy atom. The van der Waals surface area contributed by atoms with Crippen LogP contribution in [0.5, 0.6) is 0 Å². The molecule has 0 saturated carbocycles. The van der Waals surface area contributed by atoms with Gasteiger partial charge in [0.2, 0.25) is 0 Å². The molecule has 1 aromatic rings. The topological polar surface area (TPSA) is 75.1 Å². The Morgan fingerprint density at radius 2 is 1.95 bits per heavy atom. The Kier molecular flexibility index (Phi) is 6.65. The molecule has 0 amide bonds. The third kappa shape index (κ3) is 6.01. The molecule has 0 radical (unpaired) electrons. The highest BCUT2D eigenvalue weighted by molar-refractivity contribution is 5.89. The van der Waals surface area contributed by atoms with Crippen molar-refractivity contribution in [2.75, 3.05) is 13.2 Å². The minimum Gasteiger partial charge on any atom is -0.462 e. The average molecular weight is 319 g/mol. The van der Waals surface area contributed by atoms with Gasteiger partial charge in [-0.15, -0.1) is 0 Å². The zero-order valence-electron chi connectivity index (χ0n) is 11.4. The van der Waals surface area contributed by atoms with E-state index in [2.05, 4.69) is 10.0 Å². The van der Waals surface area contributed by atoms with Crippen LogP contribution in [0.3, 0.4) is 0 Å². The third-order valence-corrected chi connectivity index (χ3v) is 2.69. The number of hydrogen-bond acceptors (Lipinski definition) is 3. The zero-order valence-corrected chi connectivity index (χ0v) is 11.4. The maximum atomic E-state index is 13.1. The van der Waals surface area contributed by atoms with E-state index in [1.165, 1.54) is 0 Å². The van der Waals surface area contributed by atoms with Gasteiger partial charge in [-0.1, -0.05) is 5.11 Å². The SMILES string of the molecule is [N-]=[N+]=NCC(F)CCCOC(=O)c1ccc(C(F)(F)F)cc1. The highest BCUT2D eigenvalue weighted by Crippen LogP contribution is 2.29. The largest absolute Gasteiger partial charge is 0.462 e. The van der Waals surface area contributed by atoms with Crippen molar-refractivity contribution >= 4 is 5.97 Å². The predicted octanol–water partition coefficient (Wildman–Crippen LogP) is 4.29. The van der Waals surface area contributed by atoms with Crippen LogP contribution in [-0.2, 0) is 10.9 Å². The fourth-order valence-electron chi connectivity index (χ4n) is 1.56. The molecule has 0 saturated heterocycles. The monoisotopic (exact) mass is 319 g/mol. The van der Waals surface area contributed by atoms with E-state index >= 15 is 0 Å². The molecule has 0 aliphatic heterocycles. The number of alkyl halides is 4. The summed E-state index contributed by atoms with van der Waals surface area (Å²) in [5.41, 5.74) is 7.13. The van der Waals surface area contributed by atoms with Crippen molar-refractivity contribution in [1.29, 1.82) is 0 Å². The Hall–Kier alpha value is -2.28. The second kappa shape index (κ2) is 8.23. The van der Waals surface area contributed by atoms with Gasteiger partial charge in [-0.2, -0.15) is 13.2 Å². The lowest BCUT2D eigenvalue weighted by molar-refractivity contribution is -0.137. The summed E-state index contributed by atoms with van der Waals surface area (Å²) in [4.78, 5) is 14.0. The lowest BCUT2D eigenvalue weighted by Crippen LogP contribution is -2.10. The minimum atomic E-state index is -4.47. The molecule has 1 aromatic carbocycles. The van der Waals surface area contributed by atoms with Gasteiger partial charge in [0, 0.05) is 4.91 Å². The van der Waals surface area contributed by atoms with Crippen molar-refractivity contribution in [1.82, 2.24) is 0 Å². The van der Waals surface area contributed by atoms with Gasteiger partial charge in [-0.3, -0.25) is 0 Å². The summed E-state index contributed by atoms with van der Waals surface area (Å²) in [6, 6.07) is 3.61. The first-order valence-corrected chi connectivity index (χ1v) is 6.34. The molecule has 0 aromatic heterocycles. The molecular formula is C13H13F4N3O2. The van der Waals surface area contributed by atoms with E-state index < -0.39 is 23.9 Å².